The molecular weight excluding hydrogens is 454 g/mol. The van der Waals surface area contributed by atoms with Crippen molar-refractivity contribution in [3.8, 4) is 29.4 Å². The van der Waals surface area contributed by atoms with Crippen LogP contribution in [0.2, 0.25) is 0 Å². The lowest BCUT2D eigenvalue weighted by Crippen LogP contribution is -2.18. The monoisotopic (exact) mass is 472 g/mol. The van der Waals surface area contributed by atoms with Crippen molar-refractivity contribution in [3.63, 3.8) is 0 Å². The number of hydrogen-bond acceptors (Lipinski definition) is 1. The lowest BCUT2D eigenvalue weighted by atomic mass is 10.00. The maximum absolute atomic E-state index is 14.2. The second-order valence-electron chi connectivity index (χ2n) is 7.45. The smallest absolute Gasteiger partial charge is 0.404 e. The summed E-state index contributed by atoms with van der Waals surface area (Å²) in [5, 5.41) is 0. The molecular formula is C27H18F6O. The summed E-state index contributed by atoms with van der Waals surface area (Å²) < 4.78 is 85.3. The number of hydrogen-bond donors (Lipinski definition) is 0. The molecule has 0 unspecified atom stereocenters. The van der Waals surface area contributed by atoms with Crippen molar-refractivity contribution in [1.82, 2.24) is 0 Å². The summed E-state index contributed by atoms with van der Waals surface area (Å²) in [7, 11) is 0. The van der Waals surface area contributed by atoms with Crippen molar-refractivity contribution in [2.24, 2.45) is 0 Å². The van der Waals surface area contributed by atoms with E-state index in [1.54, 1.807) is 19.1 Å². The number of halogens is 6. The van der Waals surface area contributed by atoms with Crippen LogP contribution in [-0.4, -0.2) is 6.36 Å². The van der Waals surface area contributed by atoms with Crippen LogP contribution in [0.25, 0.3) is 0 Å². The van der Waals surface area contributed by atoms with Gasteiger partial charge in [-0.05, 0) is 61.7 Å². The molecule has 3 aromatic rings. The first kappa shape index (κ1) is 24.8. The average Bonchev–Trinajstić information content (AvgIpc) is 2.76. The first-order chi connectivity index (χ1) is 16.0. The van der Waals surface area contributed by atoms with Crippen LogP contribution < -0.4 is 4.74 Å². The van der Waals surface area contributed by atoms with E-state index in [9.17, 15) is 26.3 Å². The molecule has 0 aliphatic heterocycles. The third kappa shape index (κ3) is 5.94. The average molecular weight is 472 g/mol. The van der Waals surface area contributed by atoms with Crippen molar-refractivity contribution in [2.75, 3.05) is 0 Å². The Kier molecular flexibility index (Phi) is 7.27. The Balaban J connectivity index is 2.12. The third-order valence-corrected chi connectivity index (χ3v) is 4.87. The molecule has 3 aromatic carbocycles. The van der Waals surface area contributed by atoms with Gasteiger partial charge in [-0.25, -0.2) is 13.2 Å². The topological polar surface area (TPSA) is 9.23 Å². The van der Waals surface area contributed by atoms with Crippen molar-refractivity contribution in [1.29, 1.82) is 0 Å². The Bertz CT molecular complexity index is 1350. The molecule has 0 saturated heterocycles. The van der Waals surface area contributed by atoms with E-state index in [0.717, 1.165) is 17.7 Å². The number of ether oxygens (including phenoxy) is 1. The summed E-state index contributed by atoms with van der Waals surface area (Å²) in [6, 6.07) is 10.3. The Morgan fingerprint density at radius 3 is 2.06 bits per heavy atom. The van der Waals surface area contributed by atoms with Crippen molar-refractivity contribution in [3.05, 3.63) is 98.9 Å². The van der Waals surface area contributed by atoms with Gasteiger partial charge in [0, 0.05) is 11.1 Å². The van der Waals surface area contributed by atoms with Crippen LogP contribution in [0, 0.1) is 55.0 Å². The summed E-state index contributed by atoms with van der Waals surface area (Å²) in [5.74, 6) is 5.74. The summed E-state index contributed by atoms with van der Waals surface area (Å²) >= 11 is 0. The fourth-order valence-electron chi connectivity index (χ4n) is 3.07. The van der Waals surface area contributed by atoms with Gasteiger partial charge in [0.1, 0.15) is 11.6 Å². The minimum absolute atomic E-state index is 0.0287. The number of alkyl halides is 3. The number of benzene rings is 3. The molecule has 0 aromatic heterocycles. The van der Waals surface area contributed by atoms with Gasteiger partial charge in [-0.3, -0.25) is 0 Å². The van der Waals surface area contributed by atoms with Gasteiger partial charge < -0.3 is 4.74 Å². The molecule has 0 aliphatic rings. The fraction of sp³-hybridized carbons (Fsp3) is 0.185. The molecule has 0 bridgehead atoms. The van der Waals surface area contributed by atoms with Crippen LogP contribution in [0.1, 0.15) is 45.9 Å². The Hall–Kier alpha value is -3.84. The maximum atomic E-state index is 14.2. The molecule has 0 fully saturated rings. The number of aryl methyl sites for hydroxylation is 3. The van der Waals surface area contributed by atoms with Gasteiger partial charge in [0.2, 0.25) is 0 Å². The molecule has 174 valence electrons. The first-order valence-corrected chi connectivity index (χ1v) is 10.2. The minimum Gasteiger partial charge on any atom is -0.404 e. The van der Waals surface area contributed by atoms with Crippen LogP contribution in [0.5, 0.6) is 5.75 Å². The van der Waals surface area contributed by atoms with E-state index >= 15 is 0 Å². The molecule has 3 rings (SSSR count). The van der Waals surface area contributed by atoms with E-state index in [-0.39, 0.29) is 16.7 Å². The first-order valence-electron chi connectivity index (χ1n) is 10.2. The molecule has 0 radical (unpaired) electrons. The summed E-state index contributed by atoms with van der Waals surface area (Å²) in [5.41, 5.74) is 1.05. The van der Waals surface area contributed by atoms with Crippen molar-refractivity contribution in [2.45, 2.75) is 33.6 Å². The summed E-state index contributed by atoms with van der Waals surface area (Å²) in [6.45, 7) is 4.82. The molecule has 0 heterocycles. The maximum Gasteiger partial charge on any atom is 0.573 e. The number of rotatable bonds is 2. The summed E-state index contributed by atoms with van der Waals surface area (Å²) in [4.78, 5) is 0. The van der Waals surface area contributed by atoms with Crippen LogP contribution in [0.3, 0.4) is 0 Å². The van der Waals surface area contributed by atoms with E-state index in [4.69, 9.17) is 0 Å². The van der Waals surface area contributed by atoms with Gasteiger partial charge in [0.05, 0.1) is 11.1 Å². The van der Waals surface area contributed by atoms with Gasteiger partial charge in [0.15, 0.2) is 11.6 Å². The molecule has 0 spiro atoms. The van der Waals surface area contributed by atoms with Crippen LogP contribution in [0.15, 0.2) is 42.5 Å². The van der Waals surface area contributed by atoms with E-state index < -0.39 is 35.1 Å². The van der Waals surface area contributed by atoms with Gasteiger partial charge >= 0.3 is 6.36 Å². The largest absolute Gasteiger partial charge is 0.573 e. The lowest BCUT2D eigenvalue weighted by Gasteiger charge is -2.13. The molecule has 1 nitrogen and oxygen atoms in total. The normalized spacial score (nSPS) is 10.7. The molecule has 0 atom stereocenters. The van der Waals surface area contributed by atoms with Crippen LogP contribution in [0.4, 0.5) is 26.3 Å². The van der Waals surface area contributed by atoms with Crippen molar-refractivity contribution < 1.29 is 31.1 Å². The fourth-order valence-corrected chi connectivity index (χ4v) is 3.07. The Morgan fingerprint density at radius 1 is 0.794 bits per heavy atom. The predicted molar refractivity (Wildman–Crippen MR) is 117 cm³/mol. The highest BCUT2D eigenvalue weighted by Crippen LogP contribution is 2.29. The second-order valence-corrected chi connectivity index (χ2v) is 7.45. The molecule has 7 heteroatoms. The highest BCUT2D eigenvalue weighted by molar-refractivity contribution is 5.58. The molecule has 0 N–H and O–H groups in total. The highest BCUT2D eigenvalue weighted by atomic mass is 19.4. The van der Waals surface area contributed by atoms with Gasteiger partial charge in [-0.15, -0.1) is 13.2 Å². The quantitative estimate of drug-likeness (QED) is 0.222. The lowest BCUT2D eigenvalue weighted by molar-refractivity contribution is -0.274. The zero-order chi connectivity index (χ0) is 25.0. The minimum atomic E-state index is -5.00. The van der Waals surface area contributed by atoms with Gasteiger partial charge in [-0.2, -0.15) is 0 Å². The highest BCUT2D eigenvalue weighted by Gasteiger charge is 2.32. The SMILES string of the molecule is CCc1cc(C#Cc2ccc(C)cc2)c(OC(F)(F)F)cc1C#Cc1c(F)cc(C)c(F)c1F. The third-order valence-electron chi connectivity index (χ3n) is 4.87. The van der Waals surface area contributed by atoms with E-state index in [1.165, 1.54) is 13.0 Å². The summed E-state index contributed by atoms with van der Waals surface area (Å²) in [6.07, 6.45) is -4.67. The van der Waals surface area contributed by atoms with E-state index in [0.29, 0.717) is 17.5 Å². The Labute approximate surface area is 193 Å². The molecule has 0 amide bonds. The van der Waals surface area contributed by atoms with Crippen LogP contribution in [-0.2, 0) is 6.42 Å². The van der Waals surface area contributed by atoms with Gasteiger partial charge in [-0.1, -0.05) is 48.3 Å². The predicted octanol–water partition coefficient (Wildman–Crippen LogP) is 6.98. The van der Waals surface area contributed by atoms with E-state index in [2.05, 4.69) is 28.4 Å². The standard InChI is InChI=1S/C27H18F6O/c1-4-19-14-21(10-9-18-7-5-16(2)6-8-18)24(34-27(31,32)33)15-20(19)11-12-22-23(28)13-17(3)25(29)26(22)30/h5-8,13-15H,4H2,1-3H3. The zero-order valence-corrected chi connectivity index (χ0v) is 18.4. The van der Waals surface area contributed by atoms with Gasteiger partial charge in [0.25, 0.3) is 0 Å². The zero-order valence-electron chi connectivity index (χ0n) is 18.4. The molecule has 0 aliphatic carbocycles. The molecule has 34 heavy (non-hydrogen) atoms. The second kappa shape index (κ2) is 9.97. The Morgan fingerprint density at radius 2 is 1.44 bits per heavy atom. The van der Waals surface area contributed by atoms with Crippen LogP contribution >= 0.6 is 0 Å². The van der Waals surface area contributed by atoms with Crippen molar-refractivity contribution >= 4 is 0 Å². The molecule has 0 saturated carbocycles. The van der Waals surface area contributed by atoms with E-state index in [1.807, 2.05) is 19.1 Å².